The number of aromatic hydroxyl groups is 2. The lowest BCUT2D eigenvalue weighted by atomic mass is 9.99. The predicted molar refractivity (Wildman–Crippen MR) is 63.6 cm³/mol. The number of hydrogen-bond acceptors (Lipinski definition) is 3. The van der Waals surface area contributed by atoms with E-state index in [1.165, 1.54) is 6.07 Å². The largest absolute Gasteiger partial charge is 0.504 e. The summed E-state index contributed by atoms with van der Waals surface area (Å²) in [4.78, 5) is 0. The third-order valence-electron chi connectivity index (χ3n) is 2.66. The standard InChI is InChI=1S/C13H20O3/c1-9(2)4-7-13(16-3)10-5-6-11(14)12(15)8-10/h5-6,8-9,13-15H,4,7H2,1-3H3/t13-/m1/s1. The summed E-state index contributed by atoms with van der Waals surface area (Å²) in [6, 6.07) is 4.83. The summed E-state index contributed by atoms with van der Waals surface area (Å²) in [5.74, 6) is 0.440. The molecule has 0 spiro atoms. The zero-order chi connectivity index (χ0) is 12.1. The number of phenols is 2. The van der Waals surface area contributed by atoms with Gasteiger partial charge < -0.3 is 14.9 Å². The molecule has 0 heterocycles. The van der Waals surface area contributed by atoms with Gasteiger partial charge in [-0.05, 0) is 36.5 Å². The van der Waals surface area contributed by atoms with Gasteiger partial charge in [0.25, 0.3) is 0 Å². The molecule has 3 heteroatoms. The summed E-state index contributed by atoms with van der Waals surface area (Å²) in [6.07, 6.45) is 1.97. The van der Waals surface area contributed by atoms with Crippen molar-refractivity contribution in [2.45, 2.75) is 32.8 Å². The van der Waals surface area contributed by atoms with Crippen molar-refractivity contribution in [3.63, 3.8) is 0 Å². The van der Waals surface area contributed by atoms with E-state index in [9.17, 15) is 10.2 Å². The van der Waals surface area contributed by atoms with Crippen molar-refractivity contribution in [1.29, 1.82) is 0 Å². The summed E-state index contributed by atoms with van der Waals surface area (Å²) >= 11 is 0. The van der Waals surface area contributed by atoms with E-state index in [1.807, 2.05) is 0 Å². The van der Waals surface area contributed by atoms with E-state index >= 15 is 0 Å². The van der Waals surface area contributed by atoms with E-state index in [0.717, 1.165) is 18.4 Å². The van der Waals surface area contributed by atoms with Gasteiger partial charge in [0.2, 0.25) is 0 Å². The molecule has 0 saturated heterocycles. The van der Waals surface area contributed by atoms with Gasteiger partial charge in [-0.3, -0.25) is 0 Å². The normalized spacial score (nSPS) is 13.0. The summed E-state index contributed by atoms with van der Waals surface area (Å²) in [6.45, 7) is 4.34. The molecule has 1 atom stereocenters. The van der Waals surface area contributed by atoms with Crippen LogP contribution in [0.1, 0.15) is 38.4 Å². The number of hydrogen-bond donors (Lipinski definition) is 2. The van der Waals surface area contributed by atoms with Crippen LogP contribution in [-0.4, -0.2) is 17.3 Å². The van der Waals surface area contributed by atoms with Gasteiger partial charge in [0.1, 0.15) is 0 Å². The monoisotopic (exact) mass is 224 g/mol. The Kier molecular flexibility index (Phi) is 4.62. The van der Waals surface area contributed by atoms with Crippen LogP contribution in [-0.2, 0) is 4.74 Å². The van der Waals surface area contributed by atoms with E-state index in [0.29, 0.717) is 5.92 Å². The first-order valence-electron chi connectivity index (χ1n) is 5.59. The van der Waals surface area contributed by atoms with Crippen LogP contribution in [0.25, 0.3) is 0 Å². The Labute approximate surface area is 96.7 Å². The second-order valence-electron chi connectivity index (χ2n) is 4.44. The van der Waals surface area contributed by atoms with Gasteiger partial charge in [0, 0.05) is 7.11 Å². The first kappa shape index (κ1) is 12.8. The second kappa shape index (κ2) is 5.75. The smallest absolute Gasteiger partial charge is 0.157 e. The molecule has 0 saturated carbocycles. The van der Waals surface area contributed by atoms with Crippen LogP contribution in [0, 0.1) is 5.92 Å². The minimum Gasteiger partial charge on any atom is -0.504 e. The third-order valence-corrected chi connectivity index (χ3v) is 2.66. The minimum absolute atomic E-state index is 0.0195. The fraction of sp³-hybridized carbons (Fsp3) is 0.538. The molecule has 3 nitrogen and oxygen atoms in total. The van der Waals surface area contributed by atoms with Crippen molar-refractivity contribution in [3.8, 4) is 11.5 Å². The molecule has 0 aliphatic carbocycles. The van der Waals surface area contributed by atoms with Crippen LogP contribution < -0.4 is 0 Å². The minimum atomic E-state index is -0.0949. The fourth-order valence-electron chi connectivity index (χ4n) is 1.65. The molecule has 2 N–H and O–H groups in total. The third kappa shape index (κ3) is 3.42. The van der Waals surface area contributed by atoms with Crippen molar-refractivity contribution < 1.29 is 14.9 Å². The fourth-order valence-corrected chi connectivity index (χ4v) is 1.65. The van der Waals surface area contributed by atoms with E-state index in [1.54, 1.807) is 19.2 Å². The molecule has 0 radical (unpaired) electrons. The first-order valence-corrected chi connectivity index (χ1v) is 5.59. The SMILES string of the molecule is CO[C@H](CCC(C)C)c1ccc(O)c(O)c1. The highest BCUT2D eigenvalue weighted by Gasteiger charge is 2.13. The van der Waals surface area contributed by atoms with Gasteiger partial charge in [0.15, 0.2) is 11.5 Å². The average Bonchev–Trinajstić information content (AvgIpc) is 2.23. The van der Waals surface area contributed by atoms with Crippen LogP contribution in [0.3, 0.4) is 0 Å². The maximum absolute atomic E-state index is 9.42. The first-order chi connectivity index (χ1) is 7.54. The number of rotatable bonds is 5. The Morgan fingerprint density at radius 2 is 1.81 bits per heavy atom. The topological polar surface area (TPSA) is 49.7 Å². The van der Waals surface area contributed by atoms with Crippen molar-refractivity contribution in [3.05, 3.63) is 23.8 Å². The quantitative estimate of drug-likeness (QED) is 0.755. The molecule has 0 aliphatic rings. The number of methoxy groups -OCH3 is 1. The molecule has 0 amide bonds. The second-order valence-corrected chi connectivity index (χ2v) is 4.44. The number of benzene rings is 1. The summed E-state index contributed by atoms with van der Waals surface area (Å²) < 4.78 is 5.39. The highest BCUT2D eigenvalue weighted by atomic mass is 16.5. The Morgan fingerprint density at radius 1 is 1.12 bits per heavy atom. The maximum Gasteiger partial charge on any atom is 0.157 e. The molecule has 16 heavy (non-hydrogen) atoms. The average molecular weight is 224 g/mol. The molecule has 1 rings (SSSR count). The predicted octanol–water partition coefficient (Wildman–Crippen LogP) is 3.22. The van der Waals surface area contributed by atoms with E-state index in [-0.39, 0.29) is 17.6 Å². The van der Waals surface area contributed by atoms with E-state index in [2.05, 4.69) is 13.8 Å². The molecule has 0 aromatic heterocycles. The Hall–Kier alpha value is -1.22. The number of phenolic OH excluding ortho intramolecular Hbond substituents is 2. The van der Waals surface area contributed by atoms with Gasteiger partial charge in [-0.25, -0.2) is 0 Å². The highest BCUT2D eigenvalue weighted by Crippen LogP contribution is 2.31. The zero-order valence-electron chi connectivity index (χ0n) is 10.1. The summed E-state index contributed by atoms with van der Waals surface area (Å²) in [7, 11) is 1.66. The summed E-state index contributed by atoms with van der Waals surface area (Å²) in [5.41, 5.74) is 0.901. The lowest BCUT2D eigenvalue weighted by Gasteiger charge is -2.17. The van der Waals surface area contributed by atoms with Crippen LogP contribution in [0.15, 0.2) is 18.2 Å². The van der Waals surface area contributed by atoms with E-state index < -0.39 is 0 Å². The molecule has 0 aliphatic heterocycles. The highest BCUT2D eigenvalue weighted by molar-refractivity contribution is 5.41. The molecular formula is C13H20O3. The van der Waals surface area contributed by atoms with Crippen molar-refractivity contribution >= 4 is 0 Å². The van der Waals surface area contributed by atoms with Gasteiger partial charge in [-0.1, -0.05) is 19.9 Å². The van der Waals surface area contributed by atoms with Crippen LogP contribution >= 0.6 is 0 Å². The molecule has 0 bridgehead atoms. The molecule has 1 aromatic carbocycles. The van der Waals surface area contributed by atoms with Gasteiger partial charge in [-0.2, -0.15) is 0 Å². The number of ether oxygens (including phenoxy) is 1. The van der Waals surface area contributed by atoms with Gasteiger partial charge >= 0.3 is 0 Å². The lowest BCUT2D eigenvalue weighted by molar-refractivity contribution is 0.0903. The zero-order valence-corrected chi connectivity index (χ0v) is 10.1. The summed E-state index contributed by atoms with van der Waals surface area (Å²) in [5, 5.41) is 18.6. The Balaban J connectivity index is 2.74. The maximum atomic E-state index is 9.42. The molecule has 0 fully saturated rings. The molecule has 90 valence electrons. The Bertz CT molecular complexity index is 334. The van der Waals surface area contributed by atoms with Crippen molar-refractivity contribution in [1.82, 2.24) is 0 Å². The molecule has 1 aromatic rings. The van der Waals surface area contributed by atoms with Gasteiger partial charge in [0.05, 0.1) is 6.10 Å². The van der Waals surface area contributed by atoms with Crippen molar-refractivity contribution in [2.75, 3.05) is 7.11 Å². The van der Waals surface area contributed by atoms with Crippen LogP contribution in [0.4, 0.5) is 0 Å². The van der Waals surface area contributed by atoms with Gasteiger partial charge in [-0.15, -0.1) is 0 Å². The van der Waals surface area contributed by atoms with E-state index in [4.69, 9.17) is 4.74 Å². The van der Waals surface area contributed by atoms with Crippen LogP contribution in [0.5, 0.6) is 11.5 Å². The van der Waals surface area contributed by atoms with Crippen molar-refractivity contribution in [2.24, 2.45) is 5.92 Å². The van der Waals surface area contributed by atoms with Crippen LogP contribution in [0.2, 0.25) is 0 Å². The lowest BCUT2D eigenvalue weighted by Crippen LogP contribution is -2.03. The Morgan fingerprint density at radius 3 is 2.31 bits per heavy atom. The molecular weight excluding hydrogens is 204 g/mol. The molecule has 0 unspecified atom stereocenters.